The van der Waals surface area contributed by atoms with Gasteiger partial charge in [0.05, 0.1) is 23.4 Å². The number of hydrogen-bond acceptors (Lipinski definition) is 4. The van der Waals surface area contributed by atoms with Gasteiger partial charge in [-0.15, -0.1) is 0 Å². The molecule has 2 rings (SSSR count). The van der Waals surface area contributed by atoms with Gasteiger partial charge in [-0.2, -0.15) is 0 Å². The van der Waals surface area contributed by atoms with E-state index in [1.54, 1.807) is 11.1 Å². The molecule has 0 spiro atoms. The number of aromatic nitrogens is 1. The first-order valence-electron chi connectivity index (χ1n) is 7.63. The van der Waals surface area contributed by atoms with Crippen molar-refractivity contribution >= 4 is 11.6 Å². The summed E-state index contributed by atoms with van der Waals surface area (Å²) in [6.45, 7) is 7.62. The summed E-state index contributed by atoms with van der Waals surface area (Å²) in [5, 5.41) is 3.32. The fourth-order valence-electron chi connectivity index (χ4n) is 2.71. The minimum atomic E-state index is 0.00320. The van der Waals surface area contributed by atoms with Crippen molar-refractivity contribution in [1.29, 1.82) is 0 Å². The van der Waals surface area contributed by atoms with Gasteiger partial charge in [0.25, 0.3) is 5.91 Å². The van der Waals surface area contributed by atoms with Crippen LogP contribution in [0.1, 0.15) is 42.7 Å². The van der Waals surface area contributed by atoms with Gasteiger partial charge in [0.15, 0.2) is 0 Å². The van der Waals surface area contributed by atoms with Gasteiger partial charge >= 0.3 is 0 Å². The summed E-state index contributed by atoms with van der Waals surface area (Å²) in [5.41, 5.74) is 2.41. The molecule has 1 aromatic heterocycles. The summed E-state index contributed by atoms with van der Waals surface area (Å²) in [4.78, 5) is 18.8. The van der Waals surface area contributed by atoms with Crippen LogP contribution in [0.5, 0.6) is 0 Å². The highest BCUT2D eigenvalue weighted by molar-refractivity contribution is 5.99. The molecule has 1 N–H and O–H groups in total. The van der Waals surface area contributed by atoms with Crippen molar-refractivity contribution < 1.29 is 9.53 Å². The summed E-state index contributed by atoms with van der Waals surface area (Å²) < 4.78 is 5.56. The summed E-state index contributed by atoms with van der Waals surface area (Å²) in [7, 11) is 1.85. The molecule has 5 nitrogen and oxygen atoms in total. The molecule has 0 aromatic carbocycles. The van der Waals surface area contributed by atoms with Crippen LogP contribution in [-0.4, -0.2) is 48.1 Å². The molecular formula is C16H25N3O2. The molecule has 1 saturated heterocycles. The highest BCUT2D eigenvalue weighted by atomic mass is 16.5. The third-order valence-electron chi connectivity index (χ3n) is 3.99. The molecular weight excluding hydrogens is 266 g/mol. The molecule has 1 amide bonds. The first kappa shape index (κ1) is 15.8. The zero-order valence-electron chi connectivity index (χ0n) is 13.3. The largest absolute Gasteiger partial charge is 0.384 e. The summed E-state index contributed by atoms with van der Waals surface area (Å²) in [6.07, 6.45) is 3.66. The van der Waals surface area contributed by atoms with Crippen molar-refractivity contribution in [3.63, 3.8) is 0 Å². The number of pyridine rings is 1. The maximum absolute atomic E-state index is 12.8. The highest BCUT2D eigenvalue weighted by Crippen LogP contribution is 2.23. The van der Waals surface area contributed by atoms with Crippen molar-refractivity contribution in [3.05, 3.63) is 23.5 Å². The second kappa shape index (κ2) is 6.89. The van der Waals surface area contributed by atoms with Crippen molar-refractivity contribution in [2.45, 2.75) is 45.8 Å². The lowest BCUT2D eigenvalue weighted by Crippen LogP contribution is -2.41. The minimum Gasteiger partial charge on any atom is -0.384 e. The molecule has 2 unspecified atom stereocenters. The Morgan fingerprint density at radius 2 is 2.33 bits per heavy atom. The van der Waals surface area contributed by atoms with Crippen LogP contribution >= 0.6 is 0 Å². The van der Waals surface area contributed by atoms with Gasteiger partial charge < -0.3 is 15.0 Å². The second-order valence-electron chi connectivity index (χ2n) is 5.65. The molecule has 1 aliphatic rings. The van der Waals surface area contributed by atoms with E-state index in [-0.39, 0.29) is 18.1 Å². The summed E-state index contributed by atoms with van der Waals surface area (Å²) in [6, 6.07) is 2.07. The summed E-state index contributed by atoms with van der Waals surface area (Å²) in [5.74, 6) is 0.00320. The van der Waals surface area contributed by atoms with Gasteiger partial charge in [-0.1, -0.05) is 6.92 Å². The monoisotopic (exact) mass is 291 g/mol. The fraction of sp³-hybridized carbons (Fsp3) is 0.625. The normalized spacial score (nSPS) is 21.3. The maximum Gasteiger partial charge on any atom is 0.257 e. The Bertz CT molecular complexity index is 504. The number of anilines is 1. The van der Waals surface area contributed by atoms with E-state index in [1.807, 2.05) is 27.0 Å². The first-order chi connectivity index (χ1) is 10.0. The van der Waals surface area contributed by atoms with Crippen LogP contribution in [0, 0.1) is 6.92 Å². The van der Waals surface area contributed by atoms with E-state index < -0.39 is 0 Å². The van der Waals surface area contributed by atoms with E-state index in [0.717, 1.165) is 37.4 Å². The van der Waals surface area contributed by atoms with Crippen molar-refractivity contribution in [1.82, 2.24) is 9.88 Å². The number of nitrogens with one attached hydrogen (secondary N) is 1. The van der Waals surface area contributed by atoms with Crippen molar-refractivity contribution in [3.8, 4) is 0 Å². The standard InChI is InChI=1S/C16H25N3O2/c1-5-7-17-14-9-11(2)18-10-13(14)16(20)19(4)15-6-8-21-12(15)3/h9-10,12,15H,5-8H2,1-4H3,(H,17,18). The lowest BCUT2D eigenvalue weighted by Gasteiger charge is -2.27. The van der Waals surface area contributed by atoms with Gasteiger partial charge in [0.1, 0.15) is 0 Å². The molecule has 2 heterocycles. The average molecular weight is 291 g/mol. The van der Waals surface area contributed by atoms with E-state index >= 15 is 0 Å². The third kappa shape index (κ3) is 3.53. The molecule has 1 aromatic rings. The third-order valence-corrected chi connectivity index (χ3v) is 3.99. The SMILES string of the molecule is CCCNc1cc(C)ncc1C(=O)N(C)C1CCOC1C. The Hall–Kier alpha value is -1.62. The van der Waals surface area contributed by atoms with Crippen LogP contribution in [0.25, 0.3) is 0 Å². The van der Waals surface area contributed by atoms with Gasteiger partial charge in [0, 0.05) is 32.1 Å². The fourth-order valence-corrected chi connectivity index (χ4v) is 2.71. The number of rotatable bonds is 5. The van der Waals surface area contributed by atoms with E-state index in [1.165, 1.54) is 0 Å². The molecule has 1 aliphatic heterocycles. The molecule has 0 aliphatic carbocycles. The van der Waals surface area contributed by atoms with Crippen molar-refractivity contribution in [2.75, 3.05) is 25.5 Å². The Morgan fingerprint density at radius 1 is 1.57 bits per heavy atom. The Kier molecular flexibility index (Phi) is 5.17. The van der Waals surface area contributed by atoms with Crippen LogP contribution in [0.4, 0.5) is 5.69 Å². The Morgan fingerprint density at radius 3 is 2.95 bits per heavy atom. The Balaban J connectivity index is 2.21. The quantitative estimate of drug-likeness (QED) is 0.905. The van der Waals surface area contributed by atoms with Crippen LogP contribution in [-0.2, 0) is 4.74 Å². The predicted octanol–water partition coefficient (Wildman–Crippen LogP) is 2.46. The molecule has 1 fully saturated rings. The zero-order chi connectivity index (χ0) is 15.4. The van der Waals surface area contributed by atoms with Gasteiger partial charge in [-0.05, 0) is 32.8 Å². The van der Waals surface area contributed by atoms with E-state index in [2.05, 4.69) is 17.2 Å². The lowest BCUT2D eigenvalue weighted by molar-refractivity contribution is 0.0575. The number of nitrogens with zero attached hydrogens (tertiary/aromatic N) is 2. The number of ether oxygens (including phenoxy) is 1. The number of likely N-dealkylation sites (N-methyl/N-ethyl adjacent to an activating group) is 1. The van der Waals surface area contributed by atoms with Crippen LogP contribution in [0.15, 0.2) is 12.3 Å². The molecule has 2 atom stereocenters. The summed E-state index contributed by atoms with van der Waals surface area (Å²) >= 11 is 0. The van der Waals surface area contributed by atoms with Crippen LogP contribution in [0.3, 0.4) is 0 Å². The van der Waals surface area contributed by atoms with Gasteiger partial charge in [-0.25, -0.2) is 0 Å². The number of aryl methyl sites for hydroxylation is 1. The predicted molar refractivity (Wildman–Crippen MR) is 83.7 cm³/mol. The molecule has 21 heavy (non-hydrogen) atoms. The van der Waals surface area contributed by atoms with Crippen LogP contribution in [0.2, 0.25) is 0 Å². The molecule has 5 heteroatoms. The number of hydrogen-bond donors (Lipinski definition) is 1. The lowest BCUT2D eigenvalue weighted by atomic mass is 10.1. The van der Waals surface area contributed by atoms with E-state index in [4.69, 9.17) is 4.74 Å². The van der Waals surface area contributed by atoms with Gasteiger partial charge in [-0.3, -0.25) is 9.78 Å². The Labute approximate surface area is 126 Å². The second-order valence-corrected chi connectivity index (χ2v) is 5.65. The average Bonchev–Trinajstić information content (AvgIpc) is 2.90. The topological polar surface area (TPSA) is 54.5 Å². The molecule has 0 bridgehead atoms. The van der Waals surface area contributed by atoms with Crippen molar-refractivity contribution in [2.24, 2.45) is 0 Å². The smallest absolute Gasteiger partial charge is 0.257 e. The number of carbonyl (C=O) groups excluding carboxylic acids is 1. The molecule has 116 valence electrons. The van der Waals surface area contributed by atoms with Gasteiger partial charge in [0.2, 0.25) is 0 Å². The van der Waals surface area contributed by atoms with E-state index in [9.17, 15) is 4.79 Å². The van der Waals surface area contributed by atoms with E-state index in [0.29, 0.717) is 5.56 Å². The zero-order valence-corrected chi connectivity index (χ0v) is 13.3. The molecule has 0 radical (unpaired) electrons. The molecule has 0 saturated carbocycles. The maximum atomic E-state index is 12.8. The first-order valence-corrected chi connectivity index (χ1v) is 7.63. The number of amides is 1. The minimum absolute atomic E-state index is 0.00320. The highest BCUT2D eigenvalue weighted by Gasteiger charge is 2.31. The number of carbonyl (C=O) groups is 1. The van der Waals surface area contributed by atoms with Crippen LogP contribution < -0.4 is 5.32 Å².